The van der Waals surface area contributed by atoms with Gasteiger partial charge in [-0.15, -0.1) is 0 Å². The summed E-state index contributed by atoms with van der Waals surface area (Å²) in [6.07, 6.45) is 7.35. The number of hydrogen-bond donors (Lipinski definition) is 1. The molecule has 0 aliphatic carbocycles. The van der Waals surface area contributed by atoms with Gasteiger partial charge in [-0.2, -0.15) is 5.10 Å². The lowest BCUT2D eigenvalue weighted by Crippen LogP contribution is -2.16. The maximum Gasteiger partial charge on any atom is 0.343 e. The molecule has 0 fully saturated rings. The number of amides is 1. The lowest BCUT2D eigenvalue weighted by atomic mass is 10.1. The van der Waals surface area contributed by atoms with Crippen molar-refractivity contribution in [3.63, 3.8) is 0 Å². The van der Waals surface area contributed by atoms with E-state index in [1.165, 1.54) is 52.5 Å². The van der Waals surface area contributed by atoms with Gasteiger partial charge in [-0.05, 0) is 49.2 Å². The fraction of sp³-hybridized carbons (Fsp3) is 0.444. The summed E-state index contributed by atoms with van der Waals surface area (Å²) >= 11 is 0. The number of benzene rings is 2. The zero-order valence-corrected chi connectivity index (χ0v) is 21.7. The quantitative estimate of drug-likeness (QED) is 0.119. The number of unbranched alkanes of at least 4 members (excludes halogenated alkanes) is 4. The zero-order valence-electron chi connectivity index (χ0n) is 21.7. The molecule has 2 rings (SSSR count). The molecule has 0 unspecified atom stereocenters. The van der Waals surface area contributed by atoms with E-state index >= 15 is 0 Å². The van der Waals surface area contributed by atoms with Crippen molar-refractivity contribution in [3.8, 4) is 28.7 Å². The summed E-state index contributed by atoms with van der Waals surface area (Å²) in [6.45, 7) is 4.35. The third kappa shape index (κ3) is 8.48. The lowest BCUT2D eigenvalue weighted by molar-refractivity contribution is -0.121. The maximum atomic E-state index is 12.9. The molecule has 0 saturated heterocycles. The SMILES string of the molecule is CCCCCCCC(=O)N/N=C/c1ccc(OC(=O)c2cc(OC)c(OC)c(OC)c2)c(OCC)c1. The minimum Gasteiger partial charge on any atom is -0.493 e. The van der Waals surface area contributed by atoms with Gasteiger partial charge in [0.25, 0.3) is 0 Å². The van der Waals surface area contributed by atoms with E-state index in [1.54, 1.807) is 18.2 Å². The Morgan fingerprint density at radius 3 is 2.17 bits per heavy atom. The number of carbonyl (C=O) groups excluding carboxylic acids is 2. The predicted octanol–water partition coefficient (Wildman–Crippen LogP) is 5.14. The van der Waals surface area contributed by atoms with E-state index in [0.717, 1.165) is 19.3 Å². The molecule has 0 bridgehead atoms. The van der Waals surface area contributed by atoms with Crippen LogP contribution in [-0.2, 0) is 4.79 Å². The summed E-state index contributed by atoms with van der Waals surface area (Å²) in [4.78, 5) is 24.8. The number of nitrogens with one attached hydrogen (secondary N) is 1. The molecule has 0 aromatic heterocycles. The van der Waals surface area contributed by atoms with Crippen molar-refractivity contribution in [2.24, 2.45) is 5.10 Å². The molecule has 0 spiro atoms. The van der Waals surface area contributed by atoms with E-state index in [9.17, 15) is 9.59 Å². The first kappa shape index (κ1) is 28.5. The van der Waals surface area contributed by atoms with Crippen LogP contribution < -0.4 is 29.1 Å². The fourth-order valence-corrected chi connectivity index (χ4v) is 3.44. The number of carbonyl (C=O) groups is 2. The van der Waals surface area contributed by atoms with Gasteiger partial charge in [0.05, 0.1) is 39.7 Å². The fourth-order valence-electron chi connectivity index (χ4n) is 3.44. The van der Waals surface area contributed by atoms with Crippen LogP contribution in [0.2, 0.25) is 0 Å². The summed E-state index contributed by atoms with van der Waals surface area (Å²) in [7, 11) is 4.42. The van der Waals surface area contributed by atoms with Gasteiger partial charge in [0, 0.05) is 6.42 Å². The van der Waals surface area contributed by atoms with Crippen LogP contribution in [-0.4, -0.2) is 46.0 Å². The van der Waals surface area contributed by atoms with Gasteiger partial charge >= 0.3 is 5.97 Å². The number of hydrogen-bond acceptors (Lipinski definition) is 8. The minimum atomic E-state index is -0.622. The van der Waals surface area contributed by atoms with Gasteiger partial charge < -0.3 is 23.7 Å². The molecule has 36 heavy (non-hydrogen) atoms. The van der Waals surface area contributed by atoms with Crippen molar-refractivity contribution in [1.82, 2.24) is 5.43 Å². The van der Waals surface area contributed by atoms with Crippen molar-refractivity contribution in [2.75, 3.05) is 27.9 Å². The standard InChI is InChI=1S/C27H36N2O7/c1-6-8-9-10-11-12-25(30)29-28-18-19-13-14-21(22(15-19)35-7-2)36-27(31)20-16-23(32-3)26(34-5)24(17-20)33-4/h13-18H,6-12H2,1-5H3,(H,29,30)/b28-18+. The number of methoxy groups -OCH3 is 3. The van der Waals surface area contributed by atoms with Crippen LogP contribution in [0.3, 0.4) is 0 Å². The molecule has 1 N–H and O–H groups in total. The average molecular weight is 501 g/mol. The molecule has 0 aliphatic rings. The van der Waals surface area contributed by atoms with Gasteiger partial charge in [-0.1, -0.05) is 32.6 Å². The first-order chi connectivity index (χ1) is 17.5. The third-order valence-corrected chi connectivity index (χ3v) is 5.28. The highest BCUT2D eigenvalue weighted by atomic mass is 16.6. The Hall–Kier alpha value is -3.75. The molecule has 2 aromatic carbocycles. The second kappa shape index (κ2) is 15.3. The van der Waals surface area contributed by atoms with Crippen molar-refractivity contribution in [1.29, 1.82) is 0 Å². The Kier molecular flexibility index (Phi) is 12.1. The highest BCUT2D eigenvalue weighted by Crippen LogP contribution is 2.38. The van der Waals surface area contributed by atoms with Crippen LogP contribution in [0.5, 0.6) is 28.7 Å². The van der Waals surface area contributed by atoms with E-state index < -0.39 is 5.97 Å². The van der Waals surface area contributed by atoms with Crippen molar-refractivity contribution >= 4 is 18.1 Å². The lowest BCUT2D eigenvalue weighted by Gasteiger charge is -2.15. The molecular weight excluding hydrogens is 464 g/mol. The minimum absolute atomic E-state index is 0.122. The molecule has 0 aliphatic heterocycles. The van der Waals surface area contributed by atoms with E-state index in [4.69, 9.17) is 23.7 Å². The second-order valence-electron chi connectivity index (χ2n) is 7.90. The highest BCUT2D eigenvalue weighted by molar-refractivity contribution is 5.93. The first-order valence-corrected chi connectivity index (χ1v) is 12.1. The number of esters is 1. The van der Waals surface area contributed by atoms with Crippen LogP contribution in [0.4, 0.5) is 0 Å². The van der Waals surface area contributed by atoms with Gasteiger partial charge in [0.2, 0.25) is 11.7 Å². The number of hydrazone groups is 1. The summed E-state index contributed by atoms with van der Waals surface area (Å²) in [5.41, 5.74) is 3.44. The van der Waals surface area contributed by atoms with E-state index in [-0.39, 0.29) is 17.2 Å². The first-order valence-electron chi connectivity index (χ1n) is 12.1. The third-order valence-electron chi connectivity index (χ3n) is 5.28. The maximum absolute atomic E-state index is 12.9. The van der Waals surface area contributed by atoms with Crippen LogP contribution in [0.15, 0.2) is 35.4 Å². The van der Waals surface area contributed by atoms with Crippen LogP contribution >= 0.6 is 0 Å². The summed E-state index contributed by atoms with van der Waals surface area (Å²) < 4.78 is 27.2. The molecule has 0 saturated carbocycles. The Balaban J connectivity index is 2.08. The summed E-state index contributed by atoms with van der Waals surface area (Å²) in [5, 5.41) is 4.02. The van der Waals surface area contributed by atoms with Crippen molar-refractivity contribution in [2.45, 2.75) is 52.4 Å². The smallest absolute Gasteiger partial charge is 0.343 e. The molecule has 0 heterocycles. The molecule has 0 radical (unpaired) electrons. The monoisotopic (exact) mass is 500 g/mol. The topological polar surface area (TPSA) is 105 Å². The van der Waals surface area contributed by atoms with Crippen molar-refractivity contribution < 1.29 is 33.3 Å². The average Bonchev–Trinajstić information content (AvgIpc) is 2.89. The molecule has 1 amide bonds. The Bertz CT molecular complexity index is 1010. The number of nitrogens with zero attached hydrogens (tertiary/aromatic N) is 1. The Morgan fingerprint density at radius 2 is 1.56 bits per heavy atom. The molecule has 9 nitrogen and oxygen atoms in total. The number of ether oxygens (including phenoxy) is 5. The predicted molar refractivity (Wildman–Crippen MR) is 138 cm³/mol. The van der Waals surface area contributed by atoms with Crippen LogP contribution in [0.25, 0.3) is 0 Å². The van der Waals surface area contributed by atoms with Gasteiger partial charge in [-0.25, -0.2) is 10.2 Å². The zero-order chi connectivity index (χ0) is 26.3. The van der Waals surface area contributed by atoms with Crippen LogP contribution in [0.1, 0.15) is 68.3 Å². The van der Waals surface area contributed by atoms with E-state index in [2.05, 4.69) is 17.5 Å². The molecule has 2 aromatic rings. The summed E-state index contributed by atoms with van der Waals surface area (Å²) in [6, 6.07) is 8.02. The molecule has 9 heteroatoms. The van der Waals surface area contributed by atoms with E-state index in [1.807, 2.05) is 6.92 Å². The Morgan fingerprint density at radius 1 is 0.861 bits per heavy atom. The van der Waals surface area contributed by atoms with Crippen molar-refractivity contribution in [3.05, 3.63) is 41.5 Å². The van der Waals surface area contributed by atoms with Gasteiger partial charge in [0.15, 0.2) is 23.0 Å². The van der Waals surface area contributed by atoms with Gasteiger partial charge in [-0.3, -0.25) is 4.79 Å². The van der Waals surface area contributed by atoms with E-state index in [0.29, 0.717) is 41.6 Å². The second-order valence-corrected chi connectivity index (χ2v) is 7.90. The number of rotatable bonds is 15. The Labute approximate surface area is 212 Å². The van der Waals surface area contributed by atoms with Crippen LogP contribution in [0, 0.1) is 0 Å². The normalized spacial score (nSPS) is 10.7. The highest BCUT2D eigenvalue weighted by Gasteiger charge is 2.19. The summed E-state index contributed by atoms with van der Waals surface area (Å²) in [5.74, 6) is 0.908. The molecular formula is C27H36N2O7. The largest absolute Gasteiger partial charge is 0.493 e. The molecule has 0 atom stereocenters. The molecule has 196 valence electrons. The van der Waals surface area contributed by atoms with Gasteiger partial charge in [0.1, 0.15) is 0 Å².